The summed E-state index contributed by atoms with van der Waals surface area (Å²) in [5, 5.41) is 4.15. The first-order valence-electron chi connectivity index (χ1n) is 9.62. The van der Waals surface area contributed by atoms with Gasteiger partial charge in [-0.25, -0.2) is 4.79 Å². The van der Waals surface area contributed by atoms with Gasteiger partial charge in [0.1, 0.15) is 17.9 Å². The molecule has 0 amide bonds. The second-order valence-corrected chi connectivity index (χ2v) is 6.44. The first kappa shape index (κ1) is 22.5. The fourth-order valence-corrected chi connectivity index (χ4v) is 2.79. The SMILES string of the molecule is COC(=O)c1c(Oc2nc(OC)cc(OC)n2)cccc1/C(C)=N\OCc1ccccc1. The molecule has 1 aromatic heterocycles. The lowest BCUT2D eigenvalue weighted by Crippen LogP contribution is -2.12. The third-order valence-corrected chi connectivity index (χ3v) is 4.36. The Balaban J connectivity index is 1.92. The molecule has 0 bridgehead atoms. The zero-order chi connectivity index (χ0) is 22.9. The largest absolute Gasteiger partial charge is 0.481 e. The summed E-state index contributed by atoms with van der Waals surface area (Å²) in [7, 11) is 4.20. The van der Waals surface area contributed by atoms with Crippen molar-refractivity contribution in [1.29, 1.82) is 0 Å². The minimum Gasteiger partial charge on any atom is -0.481 e. The number of ether oxygens (including phenoxy) is 4. The Kier molecular flexibility index (Phi) is 7.58. The van der Waals surface area contributed by atoms with Gasteiger partial charge in [-0.2, -0.15) is 9.97 Å². The van der Waals surface area contributed by atoms with Crippen LogP contribution in [-0.4, -0.2) is 43.0 Å². The van der Waals surface area contributed by atoms with Crippen molar-refractivity contribution in [3.05, 3.63) is 71.3 Å². The van der Waals surface area contributed by atoms with Gasteiger partial charge in [0.2, 0.25) is 11.8 Å². The van der Waals surface area contributed by atoms with Crippen molar-refractivity contribution in [3.8, 4) is 23.5 Å². The molecule has 3 aromatic rings. The summed E-state index contributed by atoms with van der Waals surface area (Å²) in [6.45, 7) is 2.01. The zero-order valence-corrected chi connectivity index (χ0v) is 18.2. The number of methoxy groups -OCH3 is 3. The fourth-order valence-electron chi connectivity index (χ4n) is 2.79. The Morgan fingerprint density at radius 2 is 1.62 bits per heavy atom. The highest BCUT2D eigenvalue weighted by molar-refractivity contribution is 6.09. The molecule has 0 aliphatic rings. The smallest absolute Gasteiger partial charge is 0.342 e. The second kappa shape index (κ2) is 10.8. The lowest BCUT2D eigenvalue weighted by Gasteiger charge is -2.13. The van der Waals surface area contributed by atoms with Gasteiger partial charge in [0.25, 0.3) is 0 Å². The van der Waals surface area contributed by atoms with Gasteiger partial charge >= 0.3 is 12.0 Å². The van der Waals surface area contributed by atoms with Gasteiger partial charge in [-0.1, -0.05) is 47.6 Å². The van der Waals surface area contributed by atoms with Crippen molar-refractivity contribution >= 4 is 11.7 Å². The van der Waals surface area contributed by atoms with Gasteiger partial charge in [-0.15, -0.1) is 0 Å². The van der Waals surface area contributed by atoms with Crippen molar-refractivity contribution in [1.82, 2.24) is 9.97 Å². The van der Waals surface area contributed by atoms with Gasteiger partial charge in [-0.05, 0) is 18.6 Å². The predicted octanol–water partition coefficient (Wildman–Crippen LogP) is 4.01. The maximum atomic E-state index is 12.6. The molecule has 9 nitrogen and oxygen atoms in total. The average molecular weight is 437 g/mol. The molecule has 9 heteroatoms. The number of benzene rings is 2. The number of aromatic nitrogens is 2. The van der Waals surface area contributed by atoms with E-state index in [0.717, 1.165) is 5.56 Å². The Labute approximate surface area is 185 Å². The Bertz CT molecular complexity index is 1080. The monoisotopic (exact) mass is 437 g/mol. The highest BCUT2D eigenvalue weighted by atomic mass is 16.6. The quantitative estimate of drug-likeness (QED) is 0.281. The molecule has 0 fully saturated rings. The van der Waals surface area contributed by atoms with E-state index >= 15 is 0 Å². The first-order valence-corrected chi connectivity index (χ1v) is 9.62. The summed E-state index contributed by atoms with van der Waals surface area (Å²) in [6, 6.07) is 16.1. The summed E-state index contributed by atoms with van der Waals surface area (Å²) in [5.74, 6) is 0.0645. The molecule has 2 aromatic carbocycles. The molecule has 0 saturated carbocycles. The summed E-state index contributed by atoms with van der Waals surface area (Å²) in [4.78, 5) is 26.3. The third-order valence-electron chi connectivity index (χ3n) is 4.36. The van der Waals surface area contributed by atoms with Gasteiger partial charge in [0.15, 0.2) is 0 Å². The van der Waals surface area contributed by atoms with Crippen LogP contribution >= 0.6 is 0 Å². The average Bonchev–Trinajstić information content (AvgIpc) is 2.83. The molecule has 0 aliphatic heterocycles. The van der Waals surface area contributed by atoms with Crippen LogP contribution < -0.4 is 14.2 Å². The molecule has 0 N–H and O–H groups in total. The third kappa shape index (κ3) is 5.51. The lowest BCUT2D eigenvalue weighted by molar-refractivity contribution is 0.0597. The van der Waals surface area contributed by atoms with Gasteiger partial charge in [0.05, 0.1) is 33.1 Å². The molecule has 0 radical (unpaired) electrons. The molecular weight excluding hydrogens is 414 g/mol. The molecule has 0 atom stereocenters. The number of nitrogens with zero attached hydrogens (tertiary/aromatic N) is 3. The van der Waals surface area contributed by atoms with E-state index in [4.69, 9.17) is 23.8 Å². The zero-order valence-electron chi connectivity index (χ0n) is 18.2. The number of esters is 1. The van der Waals surface area contributed by atoms with Crippen LogP contribution in [0.5, 0.6) is 23.5 Å². The van der Waals surface area contributed by atoms with Crippen molar-refractivity contribution < 1.29 is 28.6 Å². The molecule has 32 heavy (non-hydrogen) atoms. The van der Waals surface area contributed by atoms with Gasteiger partial charge < -0.3 is 23.8 Å². The molecule has 3 rings (SSSR count). The number of rotatable bonds is 9. The summed E-state index contributed by atoms with van der Waals surface area (Å²) in [6.07, 6.45) is 0. The molecule has 0 aliphatic carbocycles. The van der Waals surface area contributed by atoms with E-state index in [0.29, 0.717) is 17.9 Å². The number of oxime groups is 1. The van der Waals surface area contributed by atoms with E-state index in [1.54, 1.807) is 25.1 Å². The Hall–Kier alpha value is -4.14. The van der Waals surface area contributed by atoms with Gasteiger partial charge in [0, 0.05) is 5.56 Å². The lowest BCUT2D eigenvalue weighted by atomic mass is 10.0. The molecule has 0 saturated heterocycles. The minimum atomic E-state index is -0.608. The fraction of sp³-hybridized carbons (Fsp3) is 0.217. The Morgan fingerprint density at radius 3 is 2.25 bits per heavy atom. The second-order valence-electron chi connectivity index (χ2n) is 6.44. The highest BCUT2D eigenvalue weighted by Gasteiger charge is 2.22. The molecule has 0 spiro atoms. The van der Waals surface area contributed by atoms with Crippen LogP contribution in [0.1, 0.15) is 28.4 Å². The van der Waals surface area contributed by atoms with E-state index in [9.17, 15) is 4.79 Å². The van der Waals surface area contributed by atoms with Crippen LogP contribution in [0.3, 0.4) is 0 Å². The minimum absolute atomic E-state index is 0.0570. The van der Waals surface area contributed by atoms with Crippen LogP contribution in [0, 0.1) is 0 Å². The van der Waals surface area contributed by atoms with Crippen LogP contribution in [0.15, 0.2) is 59.8 Å². The molecule has 166 valence electrons. The van der Waals surface area contributed by atoms with Crippen molar-refractivity contribution in [3.63, 3.8) is 0 Å². The maximum absolute atomic E-state index is 12.6. The van der Waals surface area contributed by atoms with E-state index in [1.807, 2.05) is 30.3 Å². The predicted molar refractivity (Wildman–Crippen MR) is 116 cm³/mol. The number of carbonyl (C=O) groups is 1. The van der Waals surface area contributed by atoms with E-state index in [2.05, 4.69) is 15.1 Å². The number of hydrogen-bond acceptors (Lipinski definition) is 9. The topological polar surface area (TPSA) is 101 Å². The van der Waals surface area contributed by atoms with Crippen LogP contribution in [0.4, 0.5) is 0 Å². The van der Waals surface area contributed by atoms with Crippen molar-refractivity contribution in [2.24, 2.45) is 5.16 Å². The number of carbonyl (C=O) groups excluding carboxylic acids is 1. The van der Waals surface area contributed by atoms with Crippen molar-refractivity contribution in [2.75, 3.05) is 21.3 Å². The summed E-state index contributed by atoms with van der Waals surface area (Å²) < 4.78 is 21.0. The normalized spacial score (nSPS) is 10.9. The van der Waals surface area contributed by atoms with Crippen molar-refractivity contribution in [2.45, 2.75) is 13.5 Å². The van der Waals surface area contributed by atoms with Crippen LogP contribution in [0.25, 0.3) is 0 Å². The molecule has 1 heterocycles. The van der Waals surface area contributed by atoms with E-state index < -0.39 is 5.97 Å². The van der Waals surface area contributed by atoms with Crippen LogP contribution in [-0.2, 0) is 16.2 Å². The number of hydrogen-bond donors (Lipinski definition) is 0. The van der Waals surface area contributed by atoms with E-state index in [-0.39, 0.29) is 29.1 Å². The van der Waals surface area contributed by atoms with E-state index in [1.165, 1.54) is 27.4 Å². The molecule has 0 unspecified atom stereocenters. The first-order chi connectivity index (χ1) is 15.5. The van der Waals surface area contributed by atoms with Crippen LogP contribution in [0.2, 0.25) is 0 Å². The maximum Gasteiger partial charge on any atom is 0.342 e. The summed E-state index contributed by atoms with van der Waals surface area (Å²) >= 11 is 0. The highest BCUT2D eigenvalue weighted by Crippen LogP contribution is 2.29. The standard InChI is InChI=1S/C23H23N3O6/c1-15(26-31-14-16-9-6-5-7-10-16)17-11-8-12-18(21(17)22(27)30-4)32-23-24-19(28-2)13-20(25-23)29-3/h5-13H,14H2,1-4H3/b26-15-. The molecular formula is C23H23N3O6. The Morgan fingerprint density at radius 1 is 0.938 bits per heavy atom. The summed E-state index contributed by atoms with van der Waals surface area (Å²) in [5.41, 5.74) is 2.08. The van der Waals surface area contributed by atoms with Gasteiger partial charge in [-0.3, -0.25) is 0 Å².